The molecule has 1 fully saturated rings. The summed E-state index contributed by atoms with van der Waals surface area (Å²) in [5.41, 5.74) is 0.557. The Kier molecular flexibility index (Phi) is 7.06. The molecule has 2 nitrogen and oxygen atoms in total. The second-order valence-electron chi connectivity index (χ2n) is 5.51. The molecule has 0 saturated heterocycles. The van der Waals surface area contributed by atoms with E-state index in [1.807, 2.05) is 0 Å². The molecule has 0 heterocycles. The lowest BCUT2D eigenvalue weighted by atomic mass is 9.76. The highest BCUT2D eigenvalue weighted by Gasteiger charge is 2.25. The highest BCUT2D eigenvalue weighted by Crippen LogP contribution is 2.34. The Morgan fingerprint density at radius 2 is 1.88 bits per heavy atom. The van der Waals surface area contributed by atoms with Gasteiger partial charge in [0.1, 0.15) is 0 Å². The maximum Gasteiger partial charge on any atom is 0.0590 e. The largest absolute Gasteiger partial charge is 0.380 e. The Morgan fingerprint density at radius 3 is 2.56 bits per heavy atom. The molecule has 0 amide bonds. The van der Waals surface area contributed by atoms with Crippen molar-refractivity contribution < 1.29 is 4.74 Å². The van der Waals surface area contributed by atoms with Crippen LogP contribution in [0.25, 0.3) is 0 Å². The smallest absolute Gasteiger partial charge is 0.0590 e. The third-order valence-corrected chi connectivity index (χ3v) is 3.68. The van der Waals surface area contributed by atoms with Crippen molar-refractivity contribution in [2.45, 2.75) is 58.8 Å². The summed E-state index contributed by atoms with van der Waals surface area (Å²) in [7, 11) is 0. The second kappa shape index (κ2) is 8.08. The topological polar surface area (TPSA) is 21.3 Å². The average Bonchev–Trinajstić information content (AvgIpc) is 2.29. The Labute approximate surface area is 101 Å². The van der Waals surface area contributed by atoms with Crippen molar-refractivity contribution in [1.29, 1.82) is 0 Å². The molecular weight excluding hydrogens is 198 g/mol. The van der Waals surface area contributed by atoms with E-state index in [1.165, 1.54) is 51.5 Å². The third-order valence-electron chi connectivity index (χ3n) is 3.68. The van der Waals surface area contributed by atoms with Crippen LogP contribution in [-0.2, 0) is 4.74 Å². The van der Waals surface area contributed by atoms with Gasteiger partial charge in [-0.2, -0.15) is 0 Å². The lowest BCUT2D eigenvalue weighted by Crippen LogP contribution is -2.35. The van der Waals surface area contributed by atoms with E-state index < -0.39 is 0 Å². The van der Waals surface area contributed by atoms with E-state index in [2.05, 4.69) is 19.2 Å². The van der Waals surface area contributed by atoms with Gasteiger partial charge in [0.25, 0.3) is 0 Å². The zero-order valence-electron chi connectivity index (χ0n) is 11.2. The first-order valence-corrected chi connectivity index (χ1v) is 7.05. The van der Waals surface area contributed by atoms with Gasteiger partial charge >= 0.3 is 0 Å². The molecule has 0 radical (unpaired) electrons. The molecule has 1 N–H and O–H groups in total. The van der Waals surface area contributed by atoms with Gasteiger partial charge in [-0.1, -0.05) is 39.5 Å². The maximum atomic E-state index is 5.53. The van der Waals surface area contributed by atoms with E-state index in [0.717, 1.165) is 19.8 Å². The fourth-order valence-electron chi connectivity index (χ4n) is 2.47. The van der Waals surface area contributed by atoms with Crippen LogP contribution < -0.4 is 5.32 Å². The molecule has 0 aromatic rings. The van der Waals surface area contributed by atoms with Gasteiger partial charge in [0.15, 0.2) is 0 Å². The normalized spacial score (nSPS) is 19.9. The van der Waals surface area contributed by atoms with Gasteiger partial charge in [-0.15, -0.1) is 0 Å². The Bertz CT molecular complexity index is 164. The molecule has 0 unspecified atom stereocenters. The highest BCUT2D eigenvalue weighted by molar-refractivity contribution is 4.80. The average molecular weight is 227 g/mol. The van der Waals surface area contributed by atoms with Crippen molar-refractivity contribution in [2.24, 2.45) is 5.41 Å². The zero-order valence-corrected chi connectivity index (χ0v) is 11.2. The summed E-state index contributed by atoms with van der Waals surface area (Å²) < 4.78 is 5.53. The number of unbranched alkanes of at least 4 members (excludes halogenated alkanes) is 1. The molecule has 0 spiro atoms. The summed E-state index contributed by atoms with van der Waals surface area (Å²) in [6.07, 6.45) is 9.50. The highest BCUT2D eigenvalue weighted by atomic mass is 16.5. The monoisotopic (exact) mass is 227 g/mol. The molecule has 0 aromatic carbocycles. The first kappa shape index (κ1) is 14.0. The van der Waals surface area contributed by atoms with Crippen molar-refractivity contribution in [3.63, 3.8) is 0 Å². The molecule has 16 heavy (non-hydrogen) atoms. The van der Waals surface area contributed by atoms with Crippen LogP contribution in [0.2, 0.25) is 0 Å². The van der Waals surface area contributed by atoms with Crippen molar-refractivity contribution in [3.8, 4) is 0 Å². The van der Waals surface area contributed by atoms with Gasteiger partial charge in [0.05, 0.1) is 6.61 Å². The summed E-state index contributed by atoms with van der Waals surface area (Å²) >= 11 is 0. The number of rotatable bonds is 8. The quantitative estimate of drug-likeness (QED) is 0.642. The fourth-order valence-corrected chi connectivity index (χ4v) is 2.47. The molecule has 1 saturated carbocycles. The summed E-state index contributed by atoms with van der Waals surface area (Å²) in [5.74, 6) is 0. The Hall–Kier alpha value is -0.0800. The van der Waals surface area contributed by atoms with E-state index in [-0.39, 0.29) is 0 Å². The minimum Gasteiger partial charge on any atom is -0.380 e. The van der Waals surface area contributed by atoms with Crippen LogP contribution >= 0.6 is 0 Å². The fraction of sp³-hybridized carbons (Fsp3) is 1.00. The predicted molar refractivity (Wildman–Crippen MR) is 69.8 cm³/mol. The standard InChI is InChI=1S/C14H29NO/c1-3-4-11-16-12-10-15-13-14(2)8-6-5-7-9-14/h15H,3-13H2,1-2H3. The van der Waals surface area contributed by atoms with Gasteiger partial charge in [0, 0.05) is 19.7 Å². The molecule has 0 bridgehead atoms. The van der Waals surface area contributed by atoms with Crippen LogP contribution in [0.5, 0.6) is 0 Å². The van der Waals surface area contributed by atoms with Crippen LogP contribution in [0.4, 0.5) is 0 Å². The molecule has 96 valence electrons. The van der Waals surface area contributed by atoms with Crippen molar-refractivity contribution in [2.75, 3.05) is 26.3 Å². The minimum atomic E-state index is 0.557. The summed E-state index contributed by atoms with van der Waals surface area (Å²) in [6.45, 7) is 8.61. The van der Waals surface area contributed by atoms with Gasteiger partial charge in [0.2, 0.25) is 0 Å². The lowest BCUT2D eigenvalue weighted by Gasteiger charge is -2.33. The molecule has 2 heteroatoms. The SMILES string of the molecule is CCCCOCCNCC1(C)CCCCC1. The molecule has 0 aromatic heterocycles. The van der Waals surface area contributed by atoms with E-state index in [9.17, 15) is 0 Å². The van der Waals surface area contributed by atoms with Gasteiger partial charge in [-0.05, 0) is 24.7 Å². The van der Waals surface area contributed by atoms with Crippen LogP contribution in [0.15, 0.2) is 0 Å². The second-order valence-corrected chi connectivity index (χ2v) is 5.51. The maximum absolute atomic E-state index is 5.53. The summed E-state index contributed by atoms with van der Waals surface area (Å²) in [4.78, 5) is 0. The molecule has 1 aliphatic carbocycles. The van der Waals surface area contributed by atoms with Crippen LogP contribution in [-0.4, -0.2) is 26.3 Å². The number of hydrogen-bond acceptors (Lipinski definition) is 2. The van der Waals surface area contributed by atoms with Crippen LogP contribution in [0, 0.1) is 5.41 Å². The minimum absolute atomic E-state index is 0.557. The Balaban J connectivity index is 1.93. The van der Waals surface area contributed by atoms with Crippen LogP contribution in [0.3, 0.4) is 0 Å². The van der Waals surface area contributed by atoms with Crippen LogP contribution in [0.1, 0.15) is 58.8 Å². The van der Waals surface area contributed by atoms with Gasteiger partial charge in [-0.3, -0.25) is 0 Å². The number of nitrogens with one attached hydrogen (secondary N) is 1. The lowest BCUT2D eigenvalue weighted by molar-refractivity contribution is 0.127. The first-order valence-electron chi connectivity index (χ1n) is 7.05. The molecule has 0 aliphatic heterocycles. The molecule has 1 rings (SSSR count). The zero-order chi connectivity index (χ0) is 11.7. The van der Waals surface area contributed by atoms with E-state index in [1.54, 1.807) is 0 Å². The predicted octanol–water partition coefficient (Wildman–Crippen LogP) is 3.36. The molecule has 0 atom stereocenters. The van der Waals surface area contributed by atoms with Crippen molar-refractivity contribution in [3.05, 3.63) is 0 Å². The first-order chi connectivity index (χ1) is 7.77. The number of ether oxygens (including phenoxy) is 1. The number of hydrogen-bond donors (Lipinski definition) is 1. The summed E-state index contributed by atoms with van der Waals surface area (Å²) in [5, 5.41) is 3.55. The van der Waals surface area contributed by atoms with E-state index in [4.69, 9.17) is 4.74 Å². The summed E-state index contributed by atoms with van der Waals surface area (Å²) in [6, 6.07) is 0. The van der Waals surface area contributed by atoms with E-state index in [0.29, 0.717) is 5.41 Å². The molecule has 1 aliphatic rings. The third kappa shape index (κ3) is 5.86. The van der Waals surface area contributed by atoms with Crippen molar-refractivity contribution >= 4 is 0 Å². The van der Waals surface area contributed by atoms with Crippen molar-refractivity contribution in [1.82, 2.24) is 5.32 Å². The van der Waals surface area contributed by atoms with Gasteiger partial charge in [-0.25, -0.2) is 0 Å². The van der Waals surface area contributed by atoms with E-state index >= 15 is 0 Å². The molecular formula is C14H29NO. The Morgan fingerprint density at radius 1 is 1.12 bits per heavy atom. The van der Waals surface area contributed by atoms with Gasteiger partial charge < -0.3 is 10.1 Å².